The fourth-order valence-electron chi connectivity index (χ4n) is 5.28. The van der Waals surface area contributed by atoms with Crippen LogP contribution in [0, 0.1) is 16.2 Å². The highest BCUT2D eigenvalue weighted by Crippen LogP contribution is 2.71. The van der Waals surface area contributed by atoms with Gasteiger partial charge in [0.1, 0.15) is 5.75 Å². The molecule has 4 rings (SSSR count). The summed E-state index contributed by atoms with van der Waals surface area (Å²) in [6.45, 7) is 6.25. The zero-order valence-corrected chi connectivity index (χ0v) is 20.5. The summed E-state index contributed by atoms with van der Waals surface area (Å²) in [6.07, 6.45) is 1.89. The molecule has 0 heterocycles. The van der Waals surface area contributed by atoms with Crippen LogP contribution in [0.4, 0.5) is 5.69 Å². The highest BCUT2D eigenvalue weighted by Gasteiger charge is 2.71. The second-order valence-corrected chi connectivity index (χ2v) is 10.3. The first-order valence-corrected chi connectivity index (χ1v) is 11.5. The molecule has 0 aliphatic heterocycles. The Morgan fingerprint density at radius 2 is 1.64 bits per heavy atom. The molecule has 0 spiro atoms. The van der Waals surface area contributed by atoms with Crippen molar-refractivity contribution in [2.75, 3.05) is 12.4 Å². The third kappa shape index (κ3) is 3.79. The number of methoxy groups -OCH3 is 1. The summed E-state index contributed by atoms with van der Waals surface area (Å²) < 4.78 is 5.12. The predicted octanol–water partition coefficient (Wildman–Crippen LogP) is 6.37. The van der Waals surface area contributed by atoms with E-state index in [1.807, 2.05) is 0 Å². The molecular formula is C25H26Cl2N2O4. The van der Waals surface area contributed by atoms with Crippen LogP contribution in [-0.4, -0.2) is 24.7 Å². The lowest BCUT2D eigenvalue weighted by atomic mass is 9.64. The van der Waals surface area contributed by atoms with Crippen molar-refractivity contribution in [3.05, 3.63) is 58.1 Å². The van der Waals surface area contributed by atoms with Crippen LogP contribution in [0.5, 0.6) is 5.75 Å². The molecule has 2 aromatic rings. The molecule has 2 bridgehead atoms. The van der Waals surface area contributed by atoms with Crippen LogP contribution in [0.2, 0.25) is 10.0 Å². The van der Waals surface area contributed by atoms with Gasteiger partial charge in [-0.1, -0.05) is 49.1 Å². The number of amides is 1. The van der Waals surface area contributed by atoms with Crippen LogP contribution < -0.4 is 10.1 Å². The Morgan fingerprint density at radius 1 is 1.00 bits per heavy atom. The Hall–Kier alpha value is -2.57. The monoisotopic (exact) mass is 488 g/mol. The maximum Gasteiger partial charge on any atom is 0.365 e. The van der Waals surface area contributed by atoms with Gasteiger partial charge in [-0.25, -0.2) is 4.79 Å². The lowest BCUT2D eigenvalue weighted by Gasteiger charge is -2.39. The van der Waals surface area contributed by atoms with Crippen molar-refractivity contribution in [3.8, 4) is 5.75 Å². The molecule has 33 heavy (non-hydrogen) atoms. The van der Waals surface area contributed by atoms with E-state index in [9.17, 15) is 9.59 Å². The fourth-order valence-corrected chi connectivity index (χ4v) is 5.80. The number of nitrogens with zero attached hydrogens (tertiary/aromatic N) is 1. The molecular weight excluding hydrogens is 463 g/mol. The molecule has 0 saturated heterocycles. The number of fused-ring (bicyclic) bond motifs is 2. The molecule has 2 aliphatic rings. The maximum absolute atomic E-state index is 13.6. The number of carbonyl (C=O) groups is 2. The van der Waals surface area contributed by atoms with E-state index in [1.54, 1.807) is 49.6 Å². The molecule has 2 aromatic carbocycles. The molecule has 1 amide bonds. The standard InChI is InChI=1S/C25H26Cl2N2O4/c1-23(2)24(3)9-10-25(23,22(31)28-18-12-16(26)11-17(27)13-18)14-20(24)29-33-21(30)15-5-7-19(32-4)8-6-15/h5-8,11-13H,9-10,14H2,1-4H3,(H,28,31). The SMILES string of the molecule is COc1ccc(C(=O)ON=C2CC3(C(=O)Nc4cc(Cl)cc(Cl)c4)CCC2(C)C3(C)C)cc1. The molecule has 2 fully saturated rings. The van der Waals surface area contributed by atoms with Gasteiger partial charge in [0.2, 0.25) is 5.91 Å². The van der Waals surface area contributed by atoms with Gasteiger partial charge in [0.15, 0.2) is 0 Å². The van der Waals surface area contributed by atoms with Crippen molar-refractivity contribution in [2.24, 2.45) is 21.4 Å². The summed E-state index contributed by atoms with van der Waals surface area (Å²) in [6, 6.07) is 11.6. The van der Waals surface area contributed by atoms with Gasteiger partial charge in [0.25, 0.3) is 0 Å². The van der Waals surface area contributed by atoms with Gasteiger partial charge in [-0.3, -0.25) is 4.79 Å². The Morgan fingerprint density at radius 3 is 2.24 bits per heavy atom. The van der Waals surface area contributed by atoms with E-state index in [2.05, 4.69) is 31.2 Å². The van der Waals surface area contributed by atoms with Crippen LogP contribution in [0.1, 0.15) is 50.4 Å². The fraction of sp³-hybridized carbons (Fsp3) is 0.400. The minimum Gasteiger partial charge on any atom is -0.497 e. The van der Waals surface area contributed by atoms with Crippen molar-refractivity contribution in [2.45, 2.75) is 40.0 Å². The number of carbonyl (C=O) groups excluding carboxylic acids is 2. The number of benzene rings is 2. The lowest BCUT2D eigenvalue weighted by molar-refractivity contribution is -0.130. The van der Waals surface area contributed by atoms with Crippen LogP contribution in [0.25, 0.3) is 0 Å². The van der Waals surface area contributed by atoms with E-state index in [-0.39, 0.29) is 11.3 Å². The molecule has 8 heteroatoms. The second-order valence-electron chi connectivity index (χ2n) is 9.47. The minimum atomic E-state index is -0.693. The van der Waals surface area contributed by atoms with Crippen molar-refractivity contribution in [1.29, 1.82) is 0 Å². The average molecular weight is 489 g/mol. The number of hydrogen-bond donors (Lipinski definition) is 1. The number of oxime groups is 1. The minimum absolute atomic E-state index is 0.110. The summed E-state index contributed by atoms with van der Waals surface area (Å²) in [7, 11) is 1.56. The number of nitrogens with one attached hydrogen (secondary N) is 1. The normalized spacial score (nSPS) is 26.3. The largest absolute Gasteiger partial charge is 0.497 e. The van der Waals surface area contributed by atoms with Crippen molar-refractivity contribution in [3.63, 3.8) is 0 Å². The topological polar surface area (TPSA) is 77.0 Å². The highest BCUT2D eigenvalue weighted by molar-refractivity contribution is 6.35. The van der Waals surface area contributed by atoms with Crippen molar-refractivity contribution >= 4 is 46.5 Å². The first-order chi connectivity index (χ1) is 15.5. The molecule has 0 aromatic heterocycles. The van der Waals surface area contributed by atoms with Crippen LogP contribution in [0.15, 0.2) is 47.6 Å². The molecule has 0 radical (unpaired) electrons. The zero-order valence-electron chi connectivity index (χ0n) is 19.0. The van der Waals surface area contributed by atoms with Gasteiger partial charge in [0, 0.05) is 27.6 Å². The van der Waals surface area contributed by atoms with E-state index in [0.29, 0.717) is 39.9 Å². The predicted molar refractivity (Wildman–Crippen MR) is 129 cm³/mol. The summed E-state index contributed by atoms with van der Waals surface area (Å²) in [4.78, 5) is 31.4. The molecule has 2 aliphatic carbocycles. The highest BCUT2D eigenvalue weighted by atomic mass is 35.5. The summed E-state index contributed by atoms with van der Waals surface area (Å²) in [5.41, 5.74) is 0.168. The molecule has 2 saturated carbocycles. The van der Waals surface area contributed by atoms with E-state index >= 15 is 0 Å². The van der Waals surface area contributed by atoms with E-state index in [1.165, 1.54) is 0 Å². The number of hydrogen-bond acceptors (Lipinski definition) is 5. The molecule has 174 valence electrons. The lowest BCUT2D eigenvalue weighted by Crippen LogP contribution is -2.43. The molecule has 6 nitrogen and oxygen atoms in total. The number of rotatable bonds is 5. The van der Waals surface area contributed by atoms with Gasteiger partial charge in [-0.15, -0.1) is 0 Å². The smallest absolute Gasteiger partial charge is 0.365 e. The molecule has 2 unspecified atom stereocenters. The number of anilines is 1. The number of ether oxygens (including phenoxy) is 1. The summed E-state index contributed by atoms with van der Waals surface area (Å²) >= 11 is 12.2. The van der Waals surface area contributed by atoms with Gasteiger partial charge >= 0.3 is 5.97 Å². The maximum atomic E-state index is 13.6. The van der Waals surface area contributed by atoms with Crippen LogP contribution >= 0.6 is 23.2 Å². The van der Waals surface area contributed by atoms with Crippen molar-refractivity contribution < 1.29 is 19.2 Å². The summed E-state index contributed by atoms with van der Waals surface area (Å²) in [5, 5.41) is 8.16. The van der Waals surface area contributed by atoms with Gasteiger partial charge < -0.3 is 14.9 Å². The Balaban J connectivity index is 1.57. The van der Waals surface area contributed by atoms with Crippen LogP contribution in [-0.2, 0) is 9.63 Å². The molecule has 1 N–H and O–H groups in total. The first kappa shape index (κ1) is 23.6. The summed E-state index contributed by atoms with van der Waals surface area (Å²) in [5.74, 6) is -0.0168. The van der Waals surface area contributed by atoms with Gasteiger partial charge in [-0.2, -0.15) is 0 Å². The van der Waals surface area contributed by atoms with Gasteiger partial charge in [0.05, 0.1) is 23.8 Å². The quantitative estimate of drug-likeness (QED) is 0.391. The van der Waals surface area contributed by atoms with E-state index < -0.39 is 16.8 Å². The van der Waals surface area contributed by atoms with Crippen molar-refractivity contribution in [1.82, 2.24) is 0 Å². The second kappa shape index (κ2) is 8.33. The Kier molecular flexibility index (Phi) is 5.95. The molecule has 2 atom stereocenters. The average Bonchev–Trinajstić information content (AvgIpc) is 3.07. The van der Waals surface area contributed by atoms with Crippen LogP contribution in [0.3, 0.4) is 0 Å². The number of halogens is 2. The van der Waals surface area contributed by atoms with E-state index in [4.69, 9.17) is 32.8 Å². The third-order valence-corrected chi connectivity index (χ3v) is 8.29. The van der Waals surface area contributed by atoms with Gasteiger partial charge in [-0.05, 0) is 60.7 Å². The zero-order chi connectivity index (χ0) is 24.0. The van der Waals surface area contributed by atoms with E-state index in [0.717, 1.165) is 12.1 Å². The third-order valence-electron chi connectivity index (χ3n) is 7.85. The Labute approximate surface area is 203 Å². The first-order valence-electron chi connectivity index (χ1n) is 10.7. The Bertz CT molecular complexity index is 1130.